The molecule has 0 N–H and O–H groups in total. The summed E-state index contributed by atoms with van der Waals surface area (Å²) in [6, 6.07) is 28.5. The van der Waals surface area contributed by atoms with Gasteiger partial charge in [0.25, 0.3) is 29.5 Å². The lowest BCUT2D eigenvalue weighted by molar-refractivity contribution is -0.136. The number of morpholine rings is 1. The predicted molar refractivity (Wildman–Crippen MR) is 478 cm³/mol. The third-order valence-corrected chi connectivity index (χ3v) is 29.8. The summed E-state index contributed by atoms with van der Waals surface area (Å²) in [6.45, 7) is 17.0. The number of fused-ring (bicyclic) bond motifs is 4. The largest absolute Gasteiger partial charge is 0.378 e. The molecule has 9 aliphatic rings. The number of hydrogen-bond donors (Lipinski definition) is 0. The molecule has 9 fully saturated rings. The van der Waals surface area contributed by atoms with Crippen molar-refractivity contribution in [3.05, 3.63) is 214 Å². The van der Waals surface area contributed by atoms with E-state index in [4.69, 9.17) is 9.47 Å². The van der Waals surface area contributed by atoms with E-state index in [-0.39, 0.29) is 59.3 Å². The van der Waals surface area contributed by atoms with E-state index in [0.717, 1.165) is 177 Å². The molecule has 0 atom stereocenters. The molecule has 16 heterocycles. The Bertz CT molecular complexity index is 5650. The van der Waals surface area contributed by atoms with Crippen LogP contribution < -0.4 is 0 Å². The molecule has 1 aliphatic carbocycles. The van der Waals surface area contributed by atoms with Crippen molar-refractivity contribution in [2.24, 2.45) is 17.8 Å². The van der Waals surface area contributed by atoms with Gasteiger partial charge in [-0.3, -0.25) is 33.6 Å². The Morgan fingerprint density at radius 2 is 0.764 bits per heavy atom. The molecule has 1 saturated carbocycles. The molecule has 674 valence electrons. The second kappa shape index (κ2) is 41.1. The van der Waals surface area contributed by atoms with E-state index < -0.39 is 21.7 Å². The Hall–Kier alpha value is -10.8. The lowest BCUT2D eigenvalue weighted by atomic mass is 9.89. The van der Waals surface area contributed by atoms with Crippen LogP contribution in [0.3, 0.4) is 0 Å². The summed E-state index contributed by atoms with van der Waals surface area (Å²) in [5, 5.41) is 17.5. The number of halogens is 2. The van der Waals surface area contributed by atoms with Crippen molar-refractivity contribution in [3.63, 3.8) is 0 Å². The Morgan fingerprint density at radius 3 is 1.17 bits per heavy atom. The molecule has 127 heavy (non-hydrogen) atoms. The van der Waals surface area contributed by atoms with Crippen LogP contribution in [0.5, 0.6) is 0 Å². The number of piperidine rings is 7. The fraction of sp³-hybridized carbons (Fsp3) is 0.515. The lowest BCUT2D eigenvalue weighted by Crippen LogP contribution is -2.40. The zero-order valence-corrected chi connectivity index (χ0v) is 74.3. The van der Waals surface area contributed by atoms with Crippen LogP contribution in [0.25, 0.3) is 22.1 Å². The standard InChI is InChI=1S/C26H31FN4O3S.C26H29FN4O2.C25H34N4O2.C20H26N4O4/c1-19-6-11-29(12-7-19)26(32)23-17-28-31-15-10-21(16-25(23)31)20-8-13-30(14-9-20)35(33,34)18-22-4-2-3-5-24(22)27;1-18-5-10-30(11-6-18)26(33)23-17-28-31-14-9-20(16-24(23)31)19-7-12-29(13-8-19)25(32)21-3-2-4-22(27)15-21;30-24(16-19-6-2-3-7-19)27-13-8-20(9-14-27)21-10-15-29-23(17-21)22(18-26-29)25(31)28-11-4-1-5-12-28;1-27-14-19(25)22-5-2-15(3-6-22)16-4-7-24-18(12-16)17(13-21-24)20(26)23-8-10-28-11-9-23/h2-5,10,15-17,19-20H,6-9,11-14,18H2,1H3;2-4,9,14-19H,5-8,10-13H2,1H3;10,15,17-20H,1-9,11-14,16H2;4,7,12-13,15H,2-3,5-6,8-11,14H2,1H3. The molecule has 7 amide bonds. The first-order chi connectivity index (χ1) is 61.7. The SMILES string of the molecule is CC1CCN(C(=O)c2cnn3ccc(C4CCN(C(=O)c5cccc(F)c5)CC4)cc23)CC1.CC1CCN(C(=O)c2cnn3ccc(C4CCN(S(=O)(=O)Cc5ccccc5F)CC4)cc23)CC1.COCC(=O)N1CCC(c2ccn3ncc(C(=O)N4CCOCC4)c3c2)CC1.O=C(CC1CCCC1)N1CCC(c2ccn3ncc(C(=O)N4CCCCC4)c3c2)CC1. The maximum absolute atomic E-state index is 14.0. The summed E-state index contributed by atoms with van der Waals surface area (Å²) in [5.41, 5.74) is 11.3. The highest BCUT2D eigenvalue weighted by molar-refractivity contribution is 7.88. The maximum atomic E-state index is 14.0. The molecule has 2 aromatic carbocycles. The van der Waals surface area contributed by atoms with Gasteiger partial charge in [0.15, 0.2) is 0 Å². The number of sulfonamides is 1. The monoisotopic (exact) mass is 1750 g/mol. The number of carbonyl (C=O) groups excluding carboxylic acids is 7. The van der Waals surface area contributed by atoms with Gasteiger partial charge in [0, 0.05) is 154 Å². The molecule has 8 aromatic heterocycles. The number of carbonyl (C=O) groups is 7. The third-order valence-electron chi connectivity index (χ3n) is 28.0. The quantitative estimate of drug-likeness (QED) is 0.0870. The molecule has 19 rings (SSSR count). The van der Waals surface area contributed by atoms with Crippen LogP contribution >= 0.6 is 0 Å². The second-order valence-electron chi connectivity index (χ2n) is 36.3. The average molecular weight is 1760 g/mol. The third kappa shape index (κ3) is 21.3. The number of rotatable bonds is 16. The second-order valence-corrected chi connectivity index (χ2v) is 38.3. The molecule has 10 aromatic rings. The summed E-state index contributed by atoms with van der Waals surface area (Å²) in [7, 11) is -2.05. The zero-order chi connectivity index (χ0) is 88.2. The van der Waals surface area contributed by atoms with Crippen LogP contribution in [0.4, 0.5) is 8.78 Å². The summed E-state index contributed by atoms with van der Waals surface area (Å²) >= 11 is 0. The van der Waals surface area contributed by atoms with Crippen LogP contribution in [0.2, 0.25) is 0 Å². The van der Waals surface area contributed by atoms with Crippen LogP contribution in [0, 0.1) is 29.4 Å². The highest BCUT2D eigenvalue weighted by atomic mass is 32.2. The molecule has 0 bridgehead atoms. The van der Waals surface area contributed by atoms with E-state index in [0.29, 0.717) is 135 Å². The Morgan fingerprint density at radius 1 is 0.394 bits per heavy atom. The smallest absolute Gasteiger partial charge is 0.257 e. The van der Waals surface area contributed by atoms with Gasteiger partial charge in [-0.15, -0.1) is 0 Å². The normalized spacial score (nSPS) is 19.2. The predicted octanol–water partition coefficient (Wildman–Crippen LogP) is 13.8. The minimum atomic E-state index is -3.60. The number of aromatic nitrogens is 8. The number of benzene rings is 2. The van der Waals surface area contributed by atoms with Crippen molar-refractivity contribution < 1.29 is 60.2 Å². The number of methoxy groups -OCH3 is 1. The summed E-state index contributed by atoms with van der Waals surface area (Å²) in [4.78, 5) is 103. The van der Waals surface area contributed by atoms with E-state index in [9.17, 15) is 50.8 Å². The Labute approximate surface area is 741 Å². The van der Waals surface area contributed by atoms with E-state index in [2.05, 4.69) is 75.5 Å². The highest BCUT2D eigenvalue weighted by Crippen LogP contribution is 2.38. The first-order valence-electron chi connectivity index (χ1n) is 46.1. The minimum absolute atomic E-state index is 0.00966. The van der Waals surface area contributed by atoms with Gasteiger partial charge >= 0.3 is 0 Å². The zero-order valence-electron chi connectivity index (χ0n) is 73.5. The highest BCUT2D eigenvalue weighted by Gasteiger charge is 2.36. The van der Waals surface area contributed by atoms with Crippen molar-refractivity contribution in [1.29, 1.82) is 0 Å². The van der Waals surface area contributed by atoms with E-state index in [1.807, 2.05) is 65.9 Å². The molecule has 0 spiro atoms. The first kappa shape index (κ1) is 89.6. The van der Waals surface area contributed by atoms with Gasteiger partial charge in [0.05, 0.1) is 88.1 Å². The van der Waals surface area contributed by atoms with Crippen LogP contribution in [-0.2, 0) is 34.8 Å². The molecular formula is C97H120F2N16O11S. The minimum Gasteiger partial charge on any atom is -0.378 e. The number of pyridine rings is 4. The Balaban J connectivity index is 0.000000125. The van der Waals surface area contributed by atoms with Gasteiger partial charge in [-0.05, 0) is 246 Å². The van der Waals surface area contributed by atoms with Crippen LogP contribution in [-0.4, -0.2) is 258 Å². The molecular weight excluding hydrogens is 1640 g/mol. The summed E-state index contributed by atoms with van der Waals surface area (Å²) in [5.74, 6) is 2.51. The first-order valence-corrected chi connectivity index (χ1v) is 47.7. The molecule has 8 saturated heterocycles. The summed E-state index contributed by atoms with van der Waals surface area (Å²) < 4.78 is 72.1. The van der Waals surface area contributed by atoms with Crippen LogP contribution in [0.15, 0.2) is 147 Å². The number of hydrogen-bond acceptors (Lipinski definition) is 15. The van der Waals surface area contributed by atoms with Gasteiger partial charge in [-0.2, -0.15) is 20.4 Å². The molecule has 0 unspecified atom stereocenters. The molecule has 30 heteroatoms. The fourth-order valence-electron chi connectivity index (χ4n) is 20.0. The topological polar surface area (TPSA) is 267 Å². The van der Waals surface area contributed by atoms with Crippen molar-refractivity contribution in [3.8, 4) is 0 Å². The maximum Gasteiger partial charge on any atom is 0.257 e. The van der Waals surface area contributed by atoms with Gasteiger partial charge in [-0.25, -0.2) is 39.6 Å². The lowest BCUT2D eigenvalue weighted by Gasteiger charge is -2.33. The molecule has 27 nitrogen and oxygen atoms in total. The average Bonchev–Trinajstić information content (AvgIpc) is 1.69. The Kier molecular flexibility index (Phi) is 29.0. The van der Waals surface area contributed by atoms with Crippen molar-refractivity contribution in [2.75, 3.05) is 132 Å². The van der Waals surface area contributed by atoms with Gasteiger partial charge in [0.2, 0.25) is 21.8 Å². The van der Waals surface area contributed by atoms with E-state index in [1.165, 1.54) is 77.4 Å². The van der Waals surface area contributed by atoms with Crippen molar-refractivity contribution in [1.82, 2.24) is 77.1 Å². The number of amides is 7. The van der Waals surface area contributed by atoms with Crippen LogP contribution in [0.1, 0.15) is 246 Å². The number of ether oxygens (including phenoxy) is 2. The van der Waals surface area contributed by atoms with Crippen molar-refractivity contribution >= 4 is 73.4 Å². The summed E-state index contributed by atoms with van der Waals surface area (Å²) in [6.07, 6.45) is 34.5. The van der Waals surface area contributed by atoms with Gasteiger partial charge in [-0.1, -0.05) is 51.0 Å². The molecule has 8 aliphatic heterocycles. The molecule has 0 radical (unpaired) electrons. The van der Waals surface area contributed by atoms with E-state index >= 15 is 0 Å². The van der Waals surface area contributed by atoms with Gasteiger partial charge in [0.1, 0.15) is 18.2 Å². The van der Waals surface area contributed by atoms with Gasteiger partial charge < -0.3 is 43.8 Å². The fourth-order valence-corrected chi connectivity index (χ4v) is 21.5. The number of nitrogens with zero attached hydrogens (tertiary/aromatic N) is 16. The van der Waals surface area contributed by atoms with E-state index in [1.54, 1.807) is 74.6 Å². The van der Waals surface area contributed by atoms with Crippen molar-refractivity contribution in [2.45, 2.75) is 172 Å². The number of likely N-dealkylation sites (tertiary alicyclic amines) is 6.